The van der Waals surface area contributed by atoms with E-state index in [0.29, 0.717) is 6.54 Å². The summed E-state index contributed by atoms with van der Waals surface area (Å²) in [6.45, 7) is 3.24. The summed E-state index contributed by atoms with van der Waals surface area (Å²) in [5.74, 6) is -2.62. The van der Waals surface area contributed by atoms with E-state index < -0.39 is 5.92 Å². The number of hydrogen-bond acceptors (Lipinski definition) is 1. The Hall–Kier alpha value is -0.440. The standard InChI is InChI=1S/C8H13F2N/c1-2-11-6-4-3-5-8(9,10)7-11/h3,5H,2,4,6-7H2,1H3. The van der Waals surface area contributed by atoms with Crippen molar-refractivity contribution in [2.24, 2.45) is 0 Å². The van der Waals surface area contributed by atoms with Crippen LogP contribution in [-0.2, 0) is 0 Å². The van der Waals surface area contributed by atoms with Crippen LogP contribution in [0.15, 0.2) is 12.2 Å². The third-order valence-corrected chi connectivity index (χ3v) is 1.86. The highest BCUT2D eigenvalue weighted by Gasteiger charge is 2.28. The third kappa shape index (κ3) is 2.58. The normalized spacial score (nSPS) is 25.0. The van der Waals surface area contributed by atoms with Gasteiger partial charge in [-0.25, -0.2) is 8.78 Å². The summed E-state index contributed by atoms with van der Waals surface area (Å²) >= 11 is 0. The molecule has 0 spiro atoms. The van der Waals surface area contributed by atoms with Gasteiger partial charge in [0.2, 0.25) is 0 Å². The van der Waals surface area contributed by atoms with Gasteiger partial charge in [0.1, 0.15) is 0 Å². The van der Waals surface area contributed by atoms with Crippen LogP contribution < -0.4 is 0 Å². The number of rotatable bonds is 1. The van der Waals surface area contributed by atoms with Crippen LogP contribution in [0.1, 0.15) is 13.3 Å². The van der Waals surface area contributed by atoms with Crippen LogP contribution >= 0.6 is 0 Å². The van der Waals surface area contributed by atoms with E-state index >= 15 is 0 Å². The van der Waals surface area contributed by atoms with Crippen molar-refractivity contribution < 1.29 is 8.78 Å². The molecule has 0 aliphatic carbocycles. The Labute approximate surface area is 65.7 Å². The number of nitrogens with zero attached hydrogens (tertiary/aromatic N) is 1. The molecule has 0 unspecified atom stereocenters. The highest BCUT2D eigenvalue weighted by Crippen LogP contribution is 2.19. The van der Waals surface area contributed by atoms with Crippen molar-refractivity contribution in [2.45, 2.75) is 19.3 Å². The molecule has 1 heterocycles. The predicted octanol–water partition coefficient (Wildman–Crippen LogP) is 1.90. The fourth-order valence-electron chi connectivity index (χ4n) is 1.21. The summed E-state index contributed by atoms with van der Waals surface area (Å²) in [6, 6.07) is 0. The molecule has 0 atom stereocenters. The van der Waals surface area contributed by atoms with Gasteiger partial charge in [-0.2, -0.15) is 0 Å². The first-order valence-electron chi connectivity index (χ1n) is 3.92. The molecule has 0 amide bonds. The fourth-order valence-corrected chi connectivity index (χ4v) is 1.21. The minimum absolute atomic E-state index is 0.125. The van der Waals surface area contributed by atoms with Crippen molar-refractivity contribution >= 4 is 0 Å². The second-order valence-electron chi connectivity index (χ2n) is 2.82. The second kappa shape index (κ2) is 3.30. The summed E-state index contributed by atoms with van der Waals surface area (Å²) in [5.41, 5.74) is 0. The van der Waals surface area contributed by atoms with Gasteiger partial charge in [0, 0.05) is 6.54 Å². The molecule has 1 aliphatic rings. The molecule has 1 aliphatic heterocycles. The van der Waals surface area contributed by atoms with Gasteiger partial charge in [0.25, 0.3) is 5.92 Å². The Kier molecular flexibility index (Phi) is 2.60. The molecule has 0 aromatic rings. The van der Waals surface area contributed by atoms with Crippen LogP contribution in [0.3, 0.4) is 0 Å². The van der Waals surface area contributed by atoms with Gasteiger partial charge in [-0.3, -0.25) is 4.90 Å². The molecule has 0 fully saturated rings. The zero-order valence-electron chi connectivity index (χ0n) is 6.69. The Bertz CT molecular complexity index is 154. The van der Waals surface area contributed by atoms with Gasteiger partial charge in [-0.1, -0.05) is 13.0 Å². The van der Waals surface area contributed by atoms with Crippen molar-refractivity contribution in [1.29, 1.82) is 0 Å². The number of halogens is 2. The van der Waals surface area contributed by atoms with Crippen LogP contribution in [0.25, 0.3) is 0 Å². The molecule has 0 N–H and O–H groups in total. The van der Waals surface area contributed by atoms with Crippen LogP contribution in [0.5, 0.6) is 0 Å². The van der Waals surface area contributed by atoms with Gasteiger partial charge in [-0.15, -0.1) is 0 Å². The summed E-state index contributed by atoms with van der Waals surface area (Å²) in [4.78, 5) is 1.76. The van der Waals surface area contributed by atoms with Gasteiger partial charge >= 0.3 is 0 Å². The molecular weight excluding hydrogens is 148 g/mol. The van der Waals surface area contributed by atoms with E-state index in [2.05, 4.69) is 0 Å². The number of alkyl halides is 2. The van der Waals surface area contributed by atoms with E-state index in [1.165, 1.54) is 0 Å². The van der Waals surface area contributed by atoms with Gasteiger partial charge in [0.05, 0.1) is 6.54 Å². The molecule has 64 valence electrons. The maximum atomic E-state index is 12.8. The molecule has 0 radical (unpaired) electrons. The van der Waals surface area contributed by atoms with E-state index in [1.807, 2.05) is 6.92 Å². The van der Waals surface area contributed by atoms with Crippen molar-refractivity contribution in [2.75, 3.05) is 19.6 Å². The first kappa shape index (κ1) is 8.65. The SMILES string of the molecule is CCN1CCC=CC(F)(F)C1. The molecule has 0 saturated heterocycles. The first-order chi connectivity index (χ1) is 5.14. The molecule has 11 heavy (non-hydrogen) atoms. The topological polar surface area (TPSA) is 3.24 Å². The van der Waals surface area contributed by atoms with E-state index in [9.17, 15) is 8.78 Å². The Morgan fingerprint density at radius 1 is 1.55 bits per heavy atom. The van der Waals surface area contributed by atoms with E-state index in [0.717, 1.165) is 19.0 Å². The molecule has 1 nitrogen and oxygen atoms in total. The van der Waals surface area contributed by atoms with Crippen molar-refractivity contribution in [3.8, 4) is 0 Å². The highest BCUT2D eigenvalue weighted by molar-refractivity contribution is 4.99. The van der Waals surface area contributed by atoms with Gasteiger partial charge in [0.15, 0.2) is 0 Å². The summed E-state index contributed by atoms with van der Waals surface area (Å²) in [5, 5.41) is 0. The Balaban J connectivity index is 2.56. The lowest BCUT2D eigenvalue weighted by Crippen LogP contribution is -2.34. The average molecular weight is 161 g/mol. The monoisotopic (exact) mass is 161 g/mol. The first-order valence-corrected chi connectivity index (χ1v) is 3.92. The third-order valence-electron chi connectivity index (χ3n) is 1.86. The maximum Gasteiger partial charge on any atom is 0.278 e. The second-order valence-corrected chi connectivity index (χ2v) is 2.82. The van der Waals surface area contributed by atoms with Crippen molar-refractivity contribution in [1.82, 2.24) is 4.90 Å². The Morgan fingerprint density at radius 3 is 2.91 bits per heavy atom. The molecule has 1 rings (SSSR count). The molecule has 0 aromatic carbocycles. The smallest absolute Gasteiger partial charge is 0.278 e. The lowest BCUT2D eigenvalue weighted by atomic mass is 10.3. The van der Waals surface area contributed by atoms with Crippen LogP contribution in [0, 0.1) is 0 Å². The van der Waals surface area contributed by atoms with Gasteiger partial charge in [-0.05, 0) is 19.0 Å². The lowest BCUT2D eigenvalue weighted by Gasteiger charge is -2.21. The molecular formula is C8H13F2N. The lowest BCUT2D eigenvalue weighted by molar-refractivity contribution is 0.0193. The summed E-state index contributed by atoms with van der Waals surface area (Å²) in [7, 11) is 0. The zero-order chi connectivity index (χ0) is 8.32. The molecule has 3 heteroatoms. The zero-order valence-corrected chi connectivity index (χ0v) is 6.69. The largest absolute Gasteiger partial charge is 0.297 e. The van der Waals surface area contributed by atoms with Crippen LogP contribution in [0.4, 0.5) is 8.78 Å². The van der Waals surface area contributed by atoms with Crippen LogP contribution in [-0.4, -0.2) is 30.5 Å². The highest BCUT2D eigenvalue weighted by atomic mass is 19.3. The fraction of sp³-hybridized carbons (Fsp3) is 0.750. The van der Waals surface area contributed by atoms with Crippen LogP contribution in [0.2, 0.25) is 0 Å². The minimum Gasteiger partial charge on any atom is -0.297 e. The van der Waals surface area contributed by atoms with Crippen molar-refractivity contribution in [3.05, 3.63) is 12.2 Å². The maximum absolute atomic E-state index is 12.8. The molecule has 0 aromatic heterocycles. The molecule has 0 bridgehead atoms. The summed E-state index contributed by atoms with van der Waals surface area (Å²) in [6.07, 6.45) is 3.32. The predicted molar refractivity (Wildman–Crippen MR) is 40.8 cm³/mol. The van der Waals surface area contributed by atoms with E-state index in [-0.39, 0.29) is 6.54 Å². The number of hydrogen-bond donors (Lipinski definition) is 0. The van der Waals surface area contributed by atoms with E-state index in [4.69, 9.17) is 0 Å². The van der Waals surface area contributed by atoms with E-state index in [1.54, 1.807) is 11.0 Å². The quantitative estimate of drug-likeness (QED) is 0.531. The average Bonchev–Trinajstić information content (AvgIpc) is 2.10. The van der Waals surface area contributed by atoms with Crippen molar-refractivity contribution in [3.63, 3.8) is 0 Å². The Morgan fingerprint density at radius 2 is 2.27 bits per heavy atom. The minimum atomic E-state index is -2.62. The van der Waals surface area contributed by atoms with Gasteiger partial charge < -0.3 is 0 Å². The summed E-state index contributed by atoms with van der Waals surface area (Å²) < 4.78 is 25.5. The molecule has 0 saturated carbocycles.